The van der Waals surface area contributed by atoms with Gasteiger partial charge in [-0.05, 0) is 56.3 Å². The van der Waals surface area contributed by atoms with E-state index in [2.05, 4.69) is 5.32 Å². The molecule has 2 aromatic rings. The molecule has 0 aliphatic rings. The Hall–Kier alpha value is -2.04. The molecule has 0 bridgehead atoms. The summed E-state index contributed by atoms with van der Waals surface area (Å²) in [6, 6.07) is 13.5. The number of methoxy groups -OCH3 is 1. The van der Waals surface area contributed by atoms with Gasteiger partial charge >= 0.3 is 0 Å². The first-order chi connectivity index (χ1) is 11.4. The molecule has 1 unspecified atom stereocenters. The molecule has 0 radical (unpaired) electrons. The molecule has 1 N–H and O–H groups in total. The van der Waals surface area contributed by atoms with Crippen LogP contribution in [0, 0.1) is 6.92 Å². The summed E-state index contributed by atoms with van der Waals surface area (Å²) in [5, 5.41) is 3.62. The zero-order chi connectivity index (χ0) is 17.7. The molecule has 5 heteroatoms. The second-order valence-corrected chi connectivity index (χ2v) is 6.33. The number of likely N-dealkylation sites (N-methyl/N-ethyl adjacent to an activating group) is 1. The van der Waals surface area contributed by atoms with Crippen molar-refractivity contribution in [3.63, 3.8) is 0 Å². The van der Waals surface area contributed by atoms with Crippen molar-refractivity contribution in [1.82, 2.24) is 4.90 Å². The number of benzene rings is 2. The summed E-state index contributed by atoms with van der Waals surface area (Å²) < 4.78 is 5.29. The molecule has 0 saturated heterocycles. The Bertz CT molecular complexity index is 718. The van der Waals surface area contributed by atoms with Gasteiger partial charge in [-0.3, -0.25) is 9.69 Å². The Morgan fingerprint density at radius 1 is 1.29 bits per heavy atom. The van der Waals surface area contributed by atoms with Crippen LogP contribution < -0.4 is 10.1 Å². The van der Waals surface area contributed by atoms with E-state index in [1.165, 1.54) is 0 Å². The first-order valence-electron chi connectivity index (χ1n) is 7.81. The number of hydrogen-bond donors (Lipinski definition) is 1. The van der Waals surface area contributed by atoms with Crippen molar-refractivity contribution < 1.29 is 9.53 Å². The third kappa shape index (κ3) is 4.73. The van der Waals surface area contributed by atoms with E-state index >= 15 is 0 Å². The molecule has 24 heavy (non-hydrogen) atoms. The molecule has 1 amide bonds. The number of anilines is 1. The highest BCUT2D eigenvalue weighted by Gasteiger charge is 2.16. The standard InChI is InChI=1S/C19H23ClN2O2/c1-13-8-9-18(24-4)17(10-13)21-19(23)12-22(3)14(2)15-6-5-7-16(20)11-15/h5-11,14H,12H2,1-4H3,(H,21,23). The van der Waals surface area contributed by atoms with Crippen molar-refractivity contribution >= 4 is 23.2 Å². The number of ether oxygens (including phenoxy) is 1. The van der Waals surface area contributed by atoms with E-state index in [-0.39, 0.29) is 18.5 Å². The van der Waals surface area contributed by atoms with Gasteiger partial charge in [0.1, 0.15) is 5.75 Å². The maximum Gasteiger partial charge on any atom is 0.238 e. The Morgan fingerprint density at radius 3 is 2.71 bits per heavy atom. The fourth-order valence-corrected chi connectivity index (χ4v) is 2.69. The van der Waals surface area contributed by atoms with Crippen LogP contribution in [0.2, 0.25) is 5.02 Å². The van der Waals surface area contributed by atoms with E-state index in [1.807, 2.05) is 68.3 Å². The fourth-order valence-electron chi connectivity index (χ4n) is 2.49. The van der Waals surface area contributed by atoms with E-state index < -0.39 is 0 Å². The molecular formula is C19H23ClN2O2. The van der Waals surface area contributed by atoms with E-state index in [1.54, 1.807) is 7.11 Å². The number of aryl methyl sites for hydroxylation is 1. The molecule has 0 aromatic heterocycles. The van der Waals surface area contributed by atoms with Crippen LogP contribution >= 0.6 is 11.6 Å². The zero-order valence-electron chi connectivity index (χ0n) is 14.5. The molecule has 128 valence electrons. The molecular weight excluding hydrogens is 324 g/mol. The van der Waals surface area contributed by atoms with Gasteiger partial charge in [-0.25, -0.2) is 0 Å². The summed E-state index contributed by atoms with van der Waals surface area (Å²) in [6.07, 6.45) is 0. The van der Waals surface area contributed by atoms with Crippen LogP contribution in [-0.2, 0) is 4.79 Å². The first-order valence-corrected chi connectivity index (χ1v) is 8.18. The fraction of sp³-hybridized carbons (Fsp3) is 0.316. The Kier molecular flexibility index (Phi) is 6.23. The van der Waals surface area contributed by atoms with Crippen molar-refractivity contribution in [2.75, 3.05) is 26.0 Å². The average molecular weight is 347 g/mol. The predicted molar refractivity (Wildman–Crippen MR) is 98.9 cm³/mol. The van der Waals surface area contributed by atoms with Crippen molar-refractivity contribution in [2.45, 2.75) is 19.9 Å². The van der Waals surface area contributed by atoms with Crippen LogP contribution in [0.15, 0.2) is 42.5 Å². The topological polar surface area (TPSA) is 41.6 Å². The van der Waals surface area contributed by atoms with E-state index in [4.69, 9.17) is 16.3 Å². The van der Waals surface area contributed by atoms with Crippen LogP contribution in [0.3, 0.4) is 0 Å². The van der Waals surface area contributed by atoms with Crippen LogP contribution in [0.4, 0.5) is 5.69 Å². The normalized spacial score (nSPS) is 12.1. The lowest BCUT2D eigenvalue weighted by Crippen LogP contribution is -2.32. The summed E-state index contributed by atoms with van der Waals surface area (Å²) in [4.78, 5) is 14.3. The lowest BCUT2D eigenvalue weighted by atomic mass is 10.1. The first kappa shape index (κ1) is 18.3. The van der Waals surface area contributed by atoms with Crippen LogP contribution in [0.25, 0.3) is 0 Å². The molecule has 4 nitrogen and oxygen atoms in total. The largest absolute Gasteiger partial charge is 0.495 e. The molecule has 0 aliphatic carbocycles. The molecule has 1 atom stereocenters. The monoisotopic (exact) mass is 346 g/mol. The minimum absolute atomic E-state index is 0.0776. The predicted octanol–water partition coefficient (Wildman–Crippen LogP) is 4.29. The molecule has 0 aliphatic heterocycles. The highest BCUT2D eigenvalue weighted by Crippen LogP contribution is 2.26. The number of nitrogens with zero attached hydrogens (tertiary/aromatic N) is 1. The van der Waals surface area contributed by atoms with E-state index in [0.717, 1.165) is 11.1 Å². The van der Waals surface area contributed by atoms with Gasteiger partial charge in [-0.15, -0.1) is 0 Å². The third-order valence-electron chi connectivity index (χ3n) is 4.01. The zero-order valence-corrected chi connectivity index (χ0v) is 15.2. The second kappa shape index (κ2) is 8.18. The lowest BCUT2D eigenvalue weighted by Gasteiger charge is -2.24. The molecule has 2 aromatic carbocycles. The highest BCUT2D eigenvalue weighted by molar-refractivity contribution is 6.30. The van der Waals surface area contributed by atoms with Crippen LogP contribution in [0.1, 0.15) is 24.1 Å². The SMILES string of the molecule is COc1ccc(C)cc1NC(=O)CN(C)C(C)c1cccc(Cl)c1. The molecule has 0 heterocycles. The quantitative estimate of drug-likeness (QED) is 0.848. The summed E-state index contributed by atoms with van der Waals surface area (Å²) in [5.41, 5.74) is 2.82. The van der Waals surface area contributed by atoms with Crippen molar-refractivity contribution in [2.24, 2.45) is 0 Å². The van der Waals surface area contributed by atoms with Gasteiger partial charge in [0.15, 0.2) is 0 Å². The van der Waals surface area contributed by atoms with Gasteiger partial charge in [-0.2, -0.15) is 0 Å². The molecule has 0 saturated carbocycles. The minimum atomic E-state index is -0.0877. The second-order valence-electron chi connectivity index (χ2n) is 5.90. The average Bonchev–Trinajstić information content (AvgIpc) is 2.54. The van der Waals surface area contributed by atoms with Gasteiger partial charge in [-0.1, -0.05) is 29.8 Å². The maximum atomic E-state index is 12.4. The number of nitrogens with one attached hydrogen (secondary N) is 1. The van der Waals surface area contributed by atoms with Crippen LogP contribution in [-0.4, -0.2) is 31.5 Å². The number of carbonyl (C=O) groups excluding carboxylic acids is 1. The molecule has 0 spiro atoms. The highest BCUT2D eigenvalue weighted by atomic mass is 35.5. The third-order valence-corrected chi connectivity index (χ3v) is 4.25. The van der Waals surface area contributed by atoms with Crippen molar-refractivity contribution in [3.05, 3.63) is 58.6 Å². The van der Waals surface area contributed by atoms with Gasteiger partial charge in [0.05, 0.1) is 19.3 Å². The van der Waals surface area contributed by atoms with Crippen molar-refractivity contribution in [1.29, 1.82) is 0 Å². The molecule has 0 fully saturated rings. The number of rotatable bonds is 6. The van der Waals surface area contributed by atoms with E-state index in [9.17, 15) is 4.79 Å². The summed E-state index contributed by atoms with van der Waals surface area (Å²) in [6.45, 7) is 4.29. The van der Waals surface area contributed by atoms with Gasteiger partial charge < -0.3 is 10.1 Å². The summed E-state index contributed by atoms with van der Waals surface area (Å²) in [5.74, 6) is 0.565. The lowest BCUT2D eigenvalue weighted by molar-refractivity contribution is -0.117. The number of amides is 1. The maximum absolute atomic E-state index is 12.4. The van der Waals surface area contributed by atoms with Gasteiger partial charge in [0.2, 0.25) is 5.91 Å². The van der Waals surface area contributed by atoms with Gasteiger partial charge in [0, 0.05) is 11.1 Å². The smallest absolute Gasteiger partial charge is 0.238 e. The number of halogens is 1. The Morgan fingerprint density at radius 2 is 2.04 bits per heavy atom. The van der Waals surface area contributed by atoms with Crippen LogP contribution in [0.5, 0.6) is 5.75 Å². The van der Waals surface area contributed by atoms with E-state index in [0.29, 0.717) is 16.5 Å². The number of hydrogen-bond acceptors (Lipinski definition) is 3. The summed E-state index contributed by atoms with van der Waals surface area (Å²) in [7, 11) is 3.51. The minimum Gasteiger partial charge on any atom is -0.495 e. The Labute approximate surface area is 148 Å². The molecule has 2 rings (SSSR count). The van der Waals surface area contributed by atoms with Gasteiger partial charge in [0.25, 0.3) is 0 Å². The summed E-state index contributed by atoms with van der Waals surface area (Å²) >= 11 is 6.04. The van der Waals surface area contributed by atoms with Crippen molar-refractivity contribution in [3.8, 4) is 5.75 Å². The number of carbonyl (C=O) groups is 1. The Balaban J connectivity index is 2.03.